The summed E-state index contributed by atoms with van der Waals surface area (Å²) in [6.45, 7) is 17.3. The highest BCUT2D eigenvalue weighted by atomic mass is 16.7. The molecule has 2 saturated heterocycles. The Labute approximate surface area is 128 Å². The SMILES string of the molecule is C=C(COC1COC(C)(C)OC1)B1OC(C)(C)C(C)(C)O1. The molecule has 2 fully saturated rings. The van der Waals surface area contributed by atoms with Crippen LogP contribution in [0.2, 0.25) is 0 Å². The summed E-state index contributed by atoms with van der Waals surface area (Å²) >= 11 is 0. The van der Waals surface area contributed by atoms with Crippen molar-refractivity contribution in [2.24, 2.45) is 0 Å². The van der Waals surface area contributed by atoms with E-state index in [1.165, 1.54) is 0 Å². The van der Waals surface area contributed by atoms with E-state index < -0.39 is 12.9 Å². The third kappa shape index (κ3) is 3.87. The van der Waals surface area contributed by atoms with Crippen LogP contribution in [0.3, 0.4) is 0 Å². The Morgan fingerprint density at radius 2 is 1.52 bits per heavy atom. The standard InChI is InChI=1S/C15H27BO5/c1-11(16-20-13(2,3)14(4,5)21-16)8-17-12-9-18-15(6,7)19-10-12/h12H,1,8-10H2,2-7H3. The van der Waals surface area contributed by atoms with E-state index in [0.717, 1.165) is 5.47 Å². The quantitative estimate of drug-likeness (QED) is 0.746. The second-order valence-corrected chi connectivity index (χ2v) is 7.20. The van der Waals surface area contributed by atoms with E-state index in [0.29, 0.717) is 19.8 Å². The summed E-state index contributed by atoms with van der Waals surface area (Å²) in [4.78, 5) is 0. The van der Waals surface area contributed by atoms with Crippen molar-refractivity contribution in [2.45, 2.75) is 64.6 Å². The average Bonchev–Trinajstić information content (AvgIpc) is 2.57. The van der Waals surface area contributed by atoms with Gasteiger partial charge in [0.25, 0.3) is 0 Å². The van der Waals surface area contributed by atoms with Crippen molar-refractivity contribution in [3.63, 3.8) is 0 Å². The molecule has 21 heavy (non-hydrogen) atoms. The third-order valence-corrected chi connectivity index (χ3v) is 4.32. The molecule has 0 radical (unpaired) electrons. The van der Waals surface area contributed by atoms with Crippen LogP contribution in [0.4, 0.5) is 0 Å². The Morgan fingerprint density at radius 3 is 2.00 bits per heavy atom. The van der Waals surface area contributed by atoms with E-state index in [1.807, 2.05) is 41.5 Å². The van der Waals surface area contributed by atoms with E-state index >= 15 is 0 Å². The first kappa shape index (κ1) is 17.0. The molecule has 2 rings (SSSR count). The summed E-state index contributed by atoms with van der Waals surface area (Å²) < 4.78 is 28.8. The predicted molar refractivity (Wildman–Crippen MR) is 80.9 cm³/mol. The fraction of sp³-hybridized carbons (Fsp3) is 0.867. The Hall–Kier alpha value is -0.395. The highest BCUT2D eigenvalue weighted by Crippen LogP contribution is 2.38. The molecule has 0 aromatic heterocycles. The van der Waals surface area contributed by atoms with Gasteiger partial charge in [-0.2, -0.15) is 0 Å². The Bertz CT molecular complexity index is 379. The van der Waals surface area contributed by atoms with Gasteiger partial charge in [0.1, 0.15) is 6.10 Å². The van der Waals surface area contributed by atoms with Crippen LogP contribution in [0.15, 0.2) is 12.1 Å². The maximum atomic E-state index is 5.93. The Morgan fingerprint density at radius 1 is 1.05 bits per heavy atom. The van der Waals surface area contributed by atoms with E-state index in [1.54, 1.807) is 0 Å². The summed E-state index contributed by atoms with van der Waals surface area (Å²) in [6, 6.07) is 0. The van der Waals surface area contributed by atoms with Crippen LogP contribution in [-0.2, 0) is 23.5 Å². The van der Waals surface area contributed by atoms with Crippen LogP contribution in [0, 0.1) is 0 Å². The molecule has 6 heteroatoms. The Balaban J connectivity index is 1.79. The molecule has 0 bridgehead atoms. The van der Waals surface area contributed by atoms with Crippen molar-refractivity contribution in [1.82, 2.24) is 0 Å². The van der Waals surface area contributed by atoms with Crippen LogP contribution >= 0.6 is 0 Å². The van der Waals surface area contributed by atoms with Crippen molar-refractivity contribution in [3.8, 4) is 0 Å². The van der Waals surface area contributed by atoms with E-state index in [-0.39, 0.29) is 17.3 Å². The molecule has 0 aromatic carbocycles. The van der Waals surface area contributed by atoms with E-state index in [9.17, 15) is 0 Å². The minimum absolute atomic E-state index is 0.0859. The molecule has 120 valence electrons. The molecule has 0 unspecified atom stereocenters. The van der Waals surface area contributed by atoms with Crippen LogP contribution in [0.25, 0.3) is 0 Å². The second-order valence-electron chi connectivity index (χ2n) is 7.20. The number of ether oxygens (including phenoxy) is 3. The fourth-order valence-corrected chi connectivity index (χ4v) is 2.08. The highest BCUT2D eigenvalue weighted by molar-refractivity contribution is 6.54. The zero-order valence-corrected chi connectivity index (χ0v) is 14.0. The smallest absolute Gasteiger partial charge is 0.400 e. The molecule has 0 N–H and O–H groups in total. The van der Waals surface area contributed by atoms with Gasteiger partial charge < -0.3 is 23.5 Å². The lowest BCUT2D eigenvalue weighted by Gasteiger charge is -2.34. The lowest BCUT2D eigenvalue weighted by atomic mass is 9.80. The maximum absolute atomic E-state index is 5.93. The van der Waals surface area contributed by atoms with Gasteiger partial charge in [-0.1, -0.05) is 0 Å². The van der Waals surface area contributed by atoms with Crippen LogP contribution in [-0.4, -0.2) is 50.0 Å². The summed E-state index contributed by atoms with van der Waals surface area (Å²) in [7, 11) is -0.433. The summed E-state index contributed by atoms with van der Waals surface area (Å²) in [5, 5.41) is 0. The molecular weight excluding hydrogens is 271 g/mol. The number of hydrogen-bond acceptors (Lipinski definition) is 5. The van der Waals surface area contributed by atoms with Gasteiger partial charge in [0.2, 0.25) is 0 Å². The maximum Gasteiger partial charge on any atom is 0.492 e. The lowest BCUT2D eigenvalue weighted by Crippen LogP contribution is -2.43. The number of rotatable bonds is 4. The van der Waals surface area contributed by atoms with Crippen molar-refractivity contribution in [1.29, 1.82) is 0 Å². The molecule has 0 atom stereocenters. The minimum atomic E-state index is -0.525. The molecule has 2 heterocycles. The molecular formula is C15H27BO5. The monoisotopic (exact) mass is 298 g/mol. The van der Waals surface area contributed by atoms with Gasteiger partial charge in [0, 0.05) is 0 Å². The number of hydrogen-bond donors (Lipinski definition) is 0. The average molecular weight is 298 g/mol. The zero-order valence-electron chi connectivity index (χ0n) is 14.0. The van der Waals surface area contributed by atoms with Gasteiger partial charge >= 0.3 is 7.12 Å². The second kappa shape index (κ2) is 5.67. The molecule has 0 saturated carbocycles. The topological polar surface area (TPSA) is 46.2 Å². The molecule has 0 aliphatic carbocycles. The first-order valence-electron chi connectivity index (χ1n) is 7.45. The summed E-state index contributed by atoms with van der Waals surface area (Å²) in [6.07, 6.45) is -0.0859. The van der Waals surface area contributed by atoms with Gasteiger partial charge in [-0.25, -0.2) is 0 Å². The molecule has 5 nitrogen and oxygen atoms in total. The third-order valence-electron chi connectivity index (χ3n) is 4.32. The highest BCUT2D eigenvalue weighted by Gasteiger charge is 2.52. The van der Waals surface area contributed by atoms with Crippen LogP contribution in [0.1, 0.15) is 41.5 Å². The van der Waals surface area contributed by atoms with Crippen molar-refractivity contribution < 1.29 is 23.5 Å². The van der Waals surface area contributed by atoms with E-state index in [4.69, 9.17) is 23.5 Å². The van der Waals surface area contributed by atoms with Gasteiger partial charge in [-0.05, 0) is 47.0 Å². The predicted octanol–water partition coefficient (Wildman–Crippen LogP) is 2.34. The van der Waals surface area contributed by atoms with E-state index in [2.05, 4.69) is 6.58 Å². The van der Waals surface area contributed by atoms with Crippen molar-refractivity contribution in [3.05, 3.63) is 12.1 Å². The zero-order chi connectivity index (χ0) is 15.9. The normalized spacial score (nSPS) is 27.8. The van der Waals surface area contributed by atoms with Crippen molar-refractivity contribution >= 4 is 7.12 Å². The first-order valence-corrected chi connectivity index (χ1v) is 7.45. The van der Waals surface area contributed by atoms with Gasteiger partial charge in [0.05, 0.1) is 31.0 Å². The molecule has 2 aliphatic heterocycles. The molecule has 0 amide bonds. The minimum Gasteiger partial charge on any atom is -0.400 e. The lowest BCUT2D eigenvalue weighted by molar-refractivity contribution is -0.278. The summed E-state index contributed by atoms with van der Waals surface area (Å²) in [5.74, 6) is -0.525. The van der Waals surface area contributed by atoms with Gasteiger partial charge in [-0.3, -0.25) is 0 Å². The van der Waals surface area contributed by atoms with Crippen LogP contribution < -0.4 is 0 Å². The molecule has 0 aromatic rings. The molecule has 2 aliphatic rings. The van der Waals surface area contributed by atoms with Crippen LogP contribution in [0.5, 0.6) is 0 Å². The first-order chi connectivity index (χ1) is 9.52. The van der Waals surface area contributed by atoms with Gasteiger partial charge in [-0.15, -0.1) is 6.58 Å². The van der Waals surface area contributed by atoms with Crippen molar-refractivity contribution in [2.75, 3.05) is 19.8 Å². The Kier molecular flexibility index (Phi) is 4.58. The summed E-state index contributed by atoms with van der Waals surface area (Å²) in [5.41, 5.74) is 0.0575. The van der Waals surface area contributed by atoms with Gasteiger partial charge in [0.15, 0.2) is 5.79 Å². The fourth-order valence-electron chi connectivity index (χ4n) is 2.08. The molecule has 0 spiro atoms. The largest absolute Gasteiger partial charge is 0.492 e.